The highest BCUT2D eigenvalue weighted by molar-refractivity contribution is 5.54. The lowest BCUT2D eigenvalue weighted by atomic mass is 10.1. The molecule has 0 saturated heterocycles. The fourth-order valence-corrected chi connectivity index (χ4v) is 1.58. The van der Waals surface area contributed by atoms with E-state index in [-0.39, 0.29) is 0 Å². The molecule has 3 N–H and O–H groups in total. The molecule has 5 nitrogen and oxygen atoms in total. The first-order valence-corrected chi connectivity index (χ1v) is 6.99. The van der Waals surface area contributed by atoms with Gasteiger partial charge in [0, 0.05) is 25.1 Å². The van der Waals surface area contributed by atoms with E-state index in [0.717, 1.165) is 43.2 Å². The van der Waals surface area contributed by atoms with Crippen LogP contribution in [-0.4, -0.2) is 29.7 Å². The third kappa shape index (κ3) is 5.42. The van der Waals surface area contributed by atoms with E-state index in [1.807, 2.05) is 13.8 Å². The fourth-order valence-electron chi connectivity index (χ4n) is 1.58. The first-order valence-electron chi connectivity index (χ1n) is 6.99. The van der Waals surface area contributed by atoms with E-state index < -0.39 is 0 Å². The van der Waals surface area contributed by atoms with Crippen molar-refractivity contribution in [2.45, 2.75) is 40.5 Å². The Bertz CT molecular complexity index is 393. The summed E-state index contributed by atoms with van der Waals surface area (Å²) in [6.45, 7) is 10.6. The van der Waals surface area contributed by atoms with E-state index in [1.165, 1.54) is 0 Å². The summed E-state index contributed by atoms with van der Waals surface area (Å²) < 4.78 is 5.56. The van der Waals surface area contributed by atoms with Crippen LogP contribution >= 0.6 is 0 Å². The van der Waals surface area contributed by atoms with Crippen LogP contribution in [0.5, 0.6) is 0 Å². The maximum Gasteiger partial charge on any atom is 0.134 e. The van der Waals surface area contributed by atoms with Gasteiger partial charge in [0.25, 0.3) is 0 Å². The Labute approximate surface area is 116 Å². The number of nitrogens with two attached hydrogens (primary N) is 1. The van der Waals surface area contributed by atoms with Crippen LogP contribution in [0.4, 0.5) is 11.6 Å². The van der Waals surface area contributed by atoms with Crippen LogP contribution in [0.1, 0.15) is 38.6 Å². The second-order valence-corrected chi connectivity index (χ2v) is 5.07. The van der Waals surface area contributed by atoms with Gasteiger partial charge in [0.2, 0.25) is 0 Å². The quantitative estimate of drug-likeness (QED) is 0.707. The molecule has 1 aromatic rings. The average molecular weight is 266 g/mol. The highest BCUT2D eigenvalue weighted by atomic mass is 16.5. The predicted molar refractivity (Wildman–Crippen MR) is 79.3 cm³/mol. The molecule has 0 atom stereocenters. The Morgan fingerprint density at radius 1 is 1.26 bits per heavy atom. The SMILES string of the molecule is CCc1nc(N)c(C)c(NCCOCCC(C)C)n1. The molecule has 0 unspecified atom stereocenters. The van der Waals surface area contributed by atoms with Crippen LogP contribution in [0.25, 0.3) is 0 Å². The number of rotatable bonds is 8. The highest BCUT2D eigenvalue weighted by Crippen LogP contribution is 2.17. The minimum Gasteiger partial charge on any atom is -0.383 e. The van der Waals surface area contributed by atoms with Gasteiger partial charge < -0.3 is 15.8 Å². The van der Waals surface area contributed by atoms with E-state index in [2.05, 4.69) is 29.1 Å². The Balaban J connectivity index is 2.38. The van der Waals surface area contributed by atoms with Gasteiger partial charge in [-0.15, -0.1) is 0 Å². The van der Waals surface area contributed by atoms with E-state index in [4.69, 9.17) is 10.5 Å². The lowest BCUT2D eigenvalue weighted by molar-refractivity contribution is 0.132. The smallest absolute Gasteiger partial charge is 0.134 e. The molecule has 0 fully saturated rings. The van der Waals surface area contributed by atoms with Gasteiger partial charge >= 0.3 is 0 Å². The Morgan fingerprint density at radius 2 is 2.00 bits per heavy atom. The first-order chi connectivity index (χ1) is 9.04. The molecule has 0 aliphatic heterocycles. The number of aromatic nitrogens is 2. The zero-order valence-electron chi connectivity index (χ0n) is 12.5. The van der Waals surface area contributed by atoms with Gasteiger partial charge in [0.15, 0.2) is 0 Å². The van der Waals surface area contributed by atoms with Crippen LogP contribution in [0.2, 0.25) is 0 Å². The van der Waals surface area contributed by atoms with Gasteiger partial charge in [0.05, 0.1) is 6.61 Å². The molecule has 0 aromatic carbocycles. The summed E-state index contributed by atoms with van der Waals surface area (Å²) in [5.74, 6) is 2.82. The molecule has 0 spiro atoms. The van der Waals surface area contributed by atoms with Crippen molar-refractivity contribution in [2.24, 2.45) is 5.92 Å². The van der Waals surface area contributed by atoms with Crippen LogP contribution < -0.4 is 11.1 Å². The molecule has 5 heteroatoms. The lowest BCUT2D eigenvalue weighted by Crippen LogP contribution is -2.14. The monoisotopic (exact) mass is 266 g/mol. The maximum absolute atomic E-state index is 5.86. The maximum atomic E-state index is 5.86. The Kier molecular flexibility index (Phi) is 6.56. The van der Waals surface area contributed by atoms with Crippen molar-refractivity contribution in [3.8, 4) is 0 Å². The summed E-state index contributed by atoms with van der Waals surface area (Å²) in [6, 6.07) is 0. The fraction of sp³-hybridized carbons (Fsp3) is 0.714. The second-order valence-electron chi connectivity index (χ2n) is 5.07. The van der Waals surface area contributed by atoms with E-state index in [0.29, 0.717) is 18.3 Å². The van der Waals surface area contributed by atoms with Gasteiger partial charge in [-0.05, 0) is 19.3 Å². The summed E-state index contributed by atoms with van der Waals surface area (Å²) >= 11 is 0. The second kappa shape index (κ2) is 7.94. The van der Waals surface area contributed by atoms with Gasteiger partial charge in [-0.25, -0.2) is 9.97 Å². The minimum atomic E-state index is 0.551. The third-order valence-corrected chi connectivity index (χ3v) is 2.92. The normalized spacial score (nSPS) is 11.0. The molecule has 0 radical (unpaired) electrons. The van der Waals surface area contributed by atoms with E-state index >= 15 is 0 Å². The third-order valence-electron chi connectivity index (χ3n) is 2.92. The number of hydrogen-bond donors (Lipinski definition) is 2. The predicted octanol–water partition coefficient (Wildman–Crippen LogP) is 2.40. The zero-order chi connectivity index (χ0) is 14.3. The van der Waals surface area contributed by atoms with Crippen molar-refractivity contribution in [3.63, 3.8) is 0 Å². The Morgan fingerprint density at radius 3 is 2.63 bits per heavy atom. The van der Waals surface area contributed by atoms with Crippen molar-refractivity contribution in [2.75, 3.05) is 30.8 Å². The van der Waals surface area contributed by atoms with Crippen LogP contribution in [0, 0.1) is 12.8 Å². The summed E-state index contributed by atoms with van der Waals surface area (Å²) in [5.41, 5.74) is 6.76. The summed E-state index contributed by atoms with van der Waals surface area (Å²) in [6.07, 6.45) is 1.88. The summed E-state index contributed by atoms with van der Waals surface area (Å²) in [5, 5.41) is 3.26. The Hall–Kier alpha value is -1.36. The number of nitrogens with zero attached hydrogens (tertiary/aromatic N) is 2. The highest BCUT2D eigenvalue weighted by Gasteiger charge is 2.07. The topological polar surface area (TPSA) is 73.1 Å². The van der Waals surface area contributed by atoms with Crippen molar-refractivity contribution in [1.82, 2.24) is 9.97 Å². The average Bonchev–Trinajstić information content (AvgIpc) is 2.37. The van der Waals surface area contributed by atoms with E-state index in [1.54, 1.807) is 0 Å². The molecule has 1 rings (SSSR count). The molecule has 0 bridgehead atoms. The number of nitrogen functional groups attached to an aromatic ring is 1. The molecule has 0 aliphatic carbocycles. The number of anilines is 2. The zero-order valence-corrected chi connectivity index (χ0v) is 12.5. The molecule has 0 aliphatic rings. The molecule has 19 heavy (non-hydrogen) atoms. The van der Waals surface area contributed by atoms with Crippen molar-refractivity contribution in [3.05, 3.63) is 11.4 Å². The molecule has 108 valence electrons. The molecule has 1 heterocycles. The number of nitrogens with one attached hydrogen (secondary N) is 1. The molecular formula is C14H26N4O. The summed E-state index contributed by atoms with van der Waals surface area (Å²) in [7, 11) is 0. The van der Waals surface area contributed by atoms with Crippen LogP contribution in [0.3, 0.4) is 0 Å². The van der Waals surface area contributed by atoms with Gasteiger partial charge in [0.1, 0.15) is 17.5 Å². The molecule has 0 amide bonds. The van der Waals surface area contributed by atoms with Gasteiger partial charge in [-0.1, -0.05) is 20.8 Å². The van der Waals surface area contributed by atoms with Crippen molar-refractivity contribution < 1.29 is 4.74 Å². The van der Waals surface area contributed by atoms with Crippen molar-refractivity contribution in [1.29, 1.82) is 0 Å². The molecular weight excluding hydrogens is 240 g/mol. The first kappa shape index (κ1) is 15.7. The molecule has 1 aromatic heterocycles. The largest absolute Gasteiger partial charge is 0.383 e. The van der Waals surface area contributed by atoms with Gasteiger partial charge in [-0.3, -0.25) is 0 Å². The minimum absolute atomic E-state index is 0.551. The molecule has 0 saturated carbocycles. The van der Waals surface area contributed by atoms with Crippen LogP contribution in [0.15, 0.2) is 0 Å². The lowest BCUT2D eigenvalue weighted by Gasteiger charge is -2.12. The summed E-state index contributed by atoms with van der Waals surface area (Å²) in [4.78, 5) is 8.66. The standard InChI is InChI=1S/C14H26N4O/c1-5-12-17-13(15)11(4)14(18-12)16-7-9-19-8-6-10(2)3/h10H,5-9H2,1-4H3,(H3,15,16,17,18). The van der Waals surface area contributed by atoms with Crippen molar-refractivity contribution >= 4 is 11.6 Å². The number of ether oxygens (including phenoxy) is 1. The van der Waals surface area contributed by atoms with E-state index in [9.17, 15) is 0 Å². The van der Waals surface area contributed by atoms with Gasteiger partial charge in [-0.2, -0.15) is 0 Å². The number of hydrogen-bond acceptors (Lipinski definition) is 5. The van der Waals surface area contributed by atoms with Crippen LogP contribution in [-0.2, 0) is 11.2 Å². The number of aryl methyl sites for hydroxylation is 1.